The third-order valence-electron chi connectivity index (χ3n) is 7.91. The summed E-state index contributed by atoms with van der Waals surface area (Å²) in [5.41, 5.74) is 8.28. The first-order chi connectivity index (χ1) is 23.7. The van der Waals surface area contributed by atoms with E-state index in [1.165, 1.54) is 0 Å². The summed E-state index contributed by atoms with van der Waals surface area (Å²) in [5, 5.41) is 0. The Morgan fingerprint density at radius 1 is 0.375 bits per heavy atom. The van der Waals surface area contributed by atoms with Crippen molar-refractivity contribution in [2.75, 3.05) is 0 Å². The van der Waals surface area contributed by atoms with Gasteiger partial charge in [0.05, 0.1) is 5.69 Å². The number of nitrogens with zero attached hydrogens (tertiary/aromatic N) is 7. The molecule has 0 aliphatic carbocycles. The number of oxazole rings is 2. The Balaban J connectivity index is 1.18. The number of fused-ring (bicyclic) bond motifs is 2. The fourth-order valence-electron chi connectivity index (χ4n) is 5.52. The lowest BCUT2D eigenvalue weighted by Gasteiger charge is -2.09. The van der Waals surface area contributed by atoms with E-state index in [0.29, 0.717) is 46.1 Å². The van der Waals surface area contributed by atoms with Crippen LogP contribution < -0.4 is 0 Å². The lowest BCUT2D eigenvalue weighted by atomic mass is 10.1. The van der Waals surface area contributed by atoms with Gasteiger partial charge < -0.3 is 8.83 Å². The lowest BCUT2D eigenvalue weighted by Crippen LogP contribution is -2.01. The Kier molecular flexibility index (Phi) is 6.57. The van der Waals surface area contributed by atoms with Gasteiger partial charge in [0.25, 0.3) is 0 Å². The SMILES string of the molecule is c1ccc(-c2nc3ccc(-c4nc(-c5ccc6nc(-c7ccccc7)oc6c5)nc(-c5cccc(-c6cccnc6)n5)n4)cc3o2)cc1. The van der Waals surface area contributed by atoms with E-state index in [-0.39, 0.29) is 0 Å². The molecule has 0 bridgehead atoms. The molecule has 9 aromatic rings. The quantitative estimate of drug-likeness (QED) is 0.179. The zero-order valence-corrected chi connectivity index (χ0v) is 25.2. The topological polar surface area (TPSA) is 117 Å². The predicted molar refractivity (Wildman–Crippen MR) is 183 cm³/mol. The molecule has 5 heterocycles. The van der Waals surface area contributed by atoms with E-state index in [4.69, 9.17) is 28.8 Å². The molecule has 0 saturated heterocycles. The van der Waals surface area contributed by atoms with Crippen molar-refractivity contribution in [3.05, 3.63) is 140 Å². The maximum absolute atomic E-state index is 6.18. The molecule has 0 unspecified atom stereocenters. The number of pyridine rings is 2. The van der Waals surface area contributed by atoms with Crippen LogP contribution in [0.5, 0.6) is 0 Å². The first-order valence-electron chi connectivity index (χ1n) is 15.3. The average molecular weight is 622 g/mol. The summed E-state index contributed by atoms with van der Waals surface area (Å²) >= 11 is 0. The minimum Gasteiger partial charge on any atom is -0.436 e. The van der Waals surface area contributed by atoms with E-state index >= 15 is 0 Å². The largest absolute Gasteiger partial charge is 0.436 e. The van der Waals surface area contributed by atoms with Crippen molar-refractivity contribution < 1.29 is 8.83 Å². The molecule has 0 N–H and O–H groups in total. The van der Waals surface area contributed by atoms with Crippen LogP contribution in [-0.2, 0) is 0 Å². The first kappa shape index (κ1) is 27.4. The summed E-state index contributed by atoms with van der Waals surface area (Å²) in [4.78, 5) is 33.3. The van der Waals surface area contributed by atoms with Crippen molar-refractivity contribution in [1.29, 1.82) is 0 Å². The molecule has 0 fully saturated rings. The van der Waals surface area contributed by atoms with E-state index in [2.05, 4.69) is 15.0 Å². The zero-order valence-electron chi connectivity index (χ0n) is 25.2. The summed E-state index contributed by atoms with van der Waals surface area (Å²) in [5.74, 6) is 2.44. The van der Waals surface area contributed by atoms with E-state index in [1.807, 2.05) is 127 Å². The van der Waals surface area contributed by atoms with Crippen LogP contribution in [0.3, 0.4) is 0 Å². The molecule has 0 amide bonds. The molecule has 4 aromatic carbocycles. The van der Waals surface area contributed by atoms with Crippen molar-refractivity contribution in [1.82, 2.24) is 34.9 Å². The Bertz CT molecular complexity index is 2430. The van der Waals surface area contributed by atoms with Gasteiger partial charge in [-0.2, -0.15) is 0 Å². The minimum absolute atomic E-state index is 0.422. The second kappa shape index (κ2) is 11.5. The van der Waals surface area contributed by atoms with Crippen LogP contribution >= 0.6 is 0 Å². The molecular weight excluding hydrogens is 598 g/mol. The summed E-state index contributed by atoms with van der Waals surface area (Å²) in [6.07, 6.45) is 3.52. The predicted octanol–water partition coefficient (Wildman–Crippen LogP) is 8.95. The molecule has 0 aliphatic rings. The van der Waals surface area contributed by atoms with Gasteiger partial charge in [0, 0.05) is 40.2 Å². The van der Waals surface area contributed by atoms with Gasteiger partial charge in [0.1, 0.15) is 16.7 Å². The van der Waals surface area contributed by atoms with Crippen LogP contribution in [0.4, 0.5) is 0 Å². The van der Waals surface area contributed by atoms with Crippen LogP contribution in [0, 0.1) is 0 Å². The molecular formula is C39H23N7O2. The van der Waals surface area contributed by atoms with Gasteiger partial charge >= 0.3 is 0 Å². The molecule has 9 nitrogen and oxygen atoms in total. The van der Waals surface area contributed by atoms with Crippen LogP contribution in [0.2, 0.25) is 0 Å². The molecule has 48 heavy (non-hydrogen) atoms. The fourth-order valence-corrected chi connectivity index (χ4v) is 5.52. The summed E-state index contributed by atoms with van der Waals surface area (Å²) in [6.45, 7) is 0. The van der Waals surface area contributed by atoms with Crippen molar-refractivity contribution in [2.24, 2.45) is 0 Å². The molecule has 5 aromatic heterocycles. The molecule has 0 spiro atoms. The van der Waals surface area contributed by atoms with Gasteiger partial charge in [-0.25, -0.2) is 29.9 Å². The van der Waals surface area contributed by atoms with Crippen molar-refractivity contribution in [2.45, 2.75) is 0 Å². The molecule has 0 radical (unpaired) electrons. The Morgan fingerprint density at radius 3 is 1.48 bits per heavy atom. The highest BCUT2D eigenvalue weighted by Gasteiger charge is 2.17. The zero-order chi connectivity index (χ0) is 31.9. The Hall–Kier alpha value is -6.87. The number of hydrogen-bond acceptors (Lipinski definition) is 9. The molecule has 0 saturated carbocycles. The standard InChI is InChI=1S/C39H23N7O2/c1-3-9-24(10-4-1)38-42-30-18-16-26(21-33(30)47-38)35-44-36(27-17-19-31-34(22-27)48-39(43-31)25-11-5-2-6-12-25)46-37(45-35)32-15-7-14-29(41-32)28-13-8-20-40-23-28/h1-23H. The summed E-state index contributed by atoms with van der Waals surface area (Å²) < 4.78 is 12.4. The van der Waals surface area contributed by atoms with Gasteiger partial charge in [-0.05, 0) is 84.9 Å². The highest BCUT2D eigenvalue weighted by molar-refractivity contribution is 5.83. The van der Waals surface area contributed by atoms with Gasteiger partial charge in [0.2, 0.25) is 11.8 Å². The van der Waals surface area contributed by atoms with Crippen molar-refractivity contribution in [3.8, 4) is 68.5 Å². The third-order valence-corrected chi connectivity index (χ3v) is 7.91. The van der Waals surface area contributed by atoms with Gasteiger partial charge in [-0.1, -0.05) is 42.5 Å². The summed E-state index contributed by atoms with van der Waals surface area (Å²) in [7, 11) is 0. The van der Waals surface area contributed by atoms with E-state index < -0.39 is 0 Å². The lowest BCUT2D eigenvalue weighted by molar-refractivity contribution is 0.619. The summed E-state index contributed by atoms with van der Waals surface area (Å²) in [6, 6.07) is 40.8. The van der Waals surface area contributed by atoms with Gasteiger partial charge in [0.15, 0.2) is 28.6 Å². The number of aromatic nitrogens is 7. The highest BCUT2D eigenvalue weighted by Crippen LogP contribution is 2.32. The van der Waals surface area contributed by atoms with Crippen LogP contribution in [0.1, 0.15) is 0 Å². The number of benzene rings is 4. The average Bonchev–Trinajstić information content (AvgIpc) is 3.80. The van der Waals surface area contributed by atoms with E-state index in [9.17, 15) is 0 Å². The maximum atomic E-state index is 6.18. The van der Waals surface area contributed by atoms with E-state index in [1.54, 1.807) is 12.4 Å². The molecule has 226 valence electrons. The van der Waals surface area contributed by atoms with E-state index in [0.717, 1.165) is 44.5 Å². The number of hydrogen-bond donors (Lipinski definition) is 0. The monoisotopic (exact) mass is 621 g/mol. The molecule has 9 heteroatoms. The van der Waals surface area contributed by atoms with Crippen LogP contribution in [0.15, 0.2) is 149 Å². The first-order valence-corrected chi connectivity index (χ1v) is 15.3. The van der Waals surface area contributed by atoms with Gasteiger partial charge in [-0.15, -0.1) is 0 Å². The Labute approximate surface area is 273 Å². The Morgan fingerprint density at radius 2 is 0.917 bits per heavy atom. The maximum Gasteiger partial charge on any atom is 0.227 e. The third kappa shape index (κ3) is 5.15. The number of rotatable bonds is 6. The van der Waals surface area contributed by atoms with Crippen LogP contribution in [-0.4, -0.2) is 34.9 Å². The second-order valence-corrected chi connectivity index (χ2v) is 11.1. The van der Waals surface area contributed by atoms with Crippen LogP contribution in [0.25, 0.3) is 90.7 Å². The smallest absolute Gasteiger partial charge is 0.227 e. The molecule has 0 aliphatic heterocycles. The van der Waals surface area contributed by atoms with Gasteiger partial charge in [-0.3, -0.25) is 4.98 Å². The normalized spacial score (nSPS) is 11.3. The van der Waals surface area contributed by atoms with Crippen molar-refractivity contribution in [3.63, 3.8) is 0 Å². The van der Waals surface area contributed by atoms with Crippen molar-refractivity contribution >= 4 is 22.2 Å². The highest BCUT2D eigenvalue weighted by atomic mass is 16.4. The second-order valence-electron chi connectivity index (χ2n) is 11.1. The fraction of sp³-hybridized carbons (Fsp3) is 0. The minimum atomic E-state index is 0.422. The molecule has 9 rings (SSSR count). The molecule has 0 atom stereocenters.